The molecule has 0 bridgehead atoms. The molecular weight excluding hydrogens is 668 g/mol. The fraction of sp³-hybridized carbons (Fsp3) is 0.639. The van der Waals surface area contributed by atoms with Gasteiger partial charge in [0.25, 0.3) is 0 Å². The summed E-state index contributed by atoms with van der Waals surface area (Å²) < 4.78 is 66.3. The van der Waals surface area contributed by atoms with Crippen LogP contribution in [0.3, 0.4) is 0 Å². The summed E-state index contributed by atoms with van der Waals surface area (Å²) in [5.41, 5.74) is 2.89. The number of rotatable bonds is 22. The minimum absolute atomic E-state index is 0.00660. The lowest BCUT2D eigenvalue weighted by Gasteiger charge is -2.33. The Labute approximate surface area is 291 Å². The molecule has 12 heteroatoms. The van der Waals surface area contributed by atoms with Gasteiger partial charge in [-0.2, -0.15) is 13.2 Å². The molecule has 0 spiro atoms. The predicted octanol–water partition coefficient (Wildman–Crippen LogP) is 10.1. The Morgan fingerprint density at radius 3 is 1.98 bits per heavy atom. The van der Waals surface area contributed by atoms with Gasteiger partial charge in [0, 0.05) is 25.3 Å². The molecule has 1 atom stereocenters. The maximum absolute atomic E-state index is 13.8. The molecule has 272 valence electrons. The number of carbonyl (C=O) groups is 1. The van der Waals surface area contributed by atoms with Crippen LogP contribution in [-0.4, -0.2) is 68.2 Å². The molecule has 0 N–H and O–H groups in total. The molecule has 48 heavy (non-hydrogen) atoms. The molecule has 0 saturated heterocycles. The second-order valence-corrected chi connectivity index (χ2v) is 28.8. The SMILES string of the molecule is C[Si](C)(C)OCc1cc(C(CN(CCCCCCOCCCCc2ccccc2)C(=O)C(F)(F)F)O[Si](C)(C)C)ccc1O[Si](C)(C)C. The normalized spacial score (nSPS) is 13.4. The Morgan fingerprint density at radius 2 is 1.40 bits per heavy atom. The van der Waals surface area contributed by atoms with Crippen molar-refractivity contribution in [1.82, 2.24) is 4.90 Å². The summed E-state index contributed by atoms with van der Waals surface area (Å²) in [6.45, 7) is 20.1. The predicted molar refractivity (Wildman–Crippen MR) is 197 cm³/mol. The number of halogens is 3. The van der Waals surface area contributed by atoms with Crippen molar-refractivity contribution in [3.8, 4) is 5.75 Å². The number of benzene rings is 2. The lowest BCUT2D eigenvalue weighted by Crippen LogP contribution is -2.45. The monoisotopic (exact) mass is 727 g/mol. The Hall–Kier alpha value is -1.97. The standard InChI is InChI=1S/C36H60F3NO5Si3/c1-46(2,3)43-29-32-27-31(22-23-33(32)44-47(4,5)6)34(45-48(7,8)9)28-40(35(41)36(37,38)39)24-16-10-11-17-25-42-26-18-15-21-30-19-13-12-14-20-30/h12-14,19-20,22-23,27,34H,10-11,15-18,21,24-26,28-29H2,1-9H3. The van der Waals surface area contributed by atoms with Gasteiger partial charge in [-0.25, -0.2) is 0 Å². The topological polar surface area (TPSA) is 57.2 Å². The van der Waals surface area contributed by atoms with Crippen LogP contribution < -0.4 is 4.43 Å². The highest BCUT2D eigenvalue weighted by Gasteiger charge is 2.43. The lowest BCUT2D eigenvalue weighted by molar-refractivity contribution is -0.186. The third kappa shape index (κ3) is 18.1. The minimum atomic E-state index is -4.97. The third-order valence-corrected chi connectivity index (χ3v) is 10.1. The first kappa shape index (κ1) is 42.2. The second kappa shape index (κ2) is 19.4. The van der Waals surface area contributed by atoms with Gasteiger partial charge in [-0.05, 0) is 114 Å². The molecule has 0 heterocycles. The van der Waals surface area contributed by atoms with E-state index in [1.165, 1.54) is 5.56 Å². The van der Waals surface area contributed by atoms with Crippen molar-refractivity contribution < 1.29 is 36.0 Å². The first-order valence-electron chi connectivity index (χ1n) is 17.3. The summed E-state index contributed by atoms with van der Waals surface area (Å²) in [5, 5.41) is 0. The van der Waals surface area contributed by atoms with Crippen molar-refractivity contribution in [3.63, 3.8) is 0 Å². The van der Waals surface area contributed by atoms with Crippen LogP contribution in [0, 0.1) is 0 Å². The molecular formula is C36H60F3NO5Si3. The van der Waals surface area contributed by atoms with Crippen LogP contribution in [0.1, 0.15) is 61.3 Å². The molecule has 0 fully saturated rings. The molecule has 0 aliphatic carbocycles. The van der Waals surface area contributed by atoms with Crippen LogP contribution in [-0.2, 0) is 31.4 Å². The summed E-state index contributed by atoms with van der Waals surface area (Å²) in [5.74, 6) is -1.10. The molecule has 2 aromatic rings. The number of hydrogen-bond donors (Lipinski definition) is 0. The van der Waals surface area contributed by atoms with E-state index < -0.39 is 43.1 Å². The largest absolute Gasteiger partial charge is 0.544 e. The van der Waals surface area contributed by atoms with E-state index in [0.29, 0.717) is 32.7 Å². The number of hydrogen-bond acceptors (Lipinski definition) is 5. The maximum Gasteiger partial charge on any atom is 0.471 e. The average molecular weight is 728 g/mol. The van der Waals surface area contributed by atoms with Crippen LogP contribution in [0.2, 0.25) is 58.9 Å². The van der Waals surface area contributed by atoms with E-state index in [9.17, 15) is 18.0 Å². The highest BCUT2D eigenvalue weighted by atomic mass is 28.4. The number of carbonyl (C=O) groups excluding carboxylic acids is 1. The Bertz CT molecular complexity index is 1230. The van der Waals surface area contributed by atoms with E-state index in [4.69, 9.17) is 18.0 Å². The van der Waals surface area contributed by atoms with Gasteiger partial charge in [-0.1, -0.05) is 49.2 Å². The van der Waals surface area contributed by atoms with E-state index in [1.54, 1.807) is 0 Å². The molecule has 2 aromatic carbocycles. The van der Waals surface area contributed by atoms with E-state index in [0.717, 1.165) is 53.9 Å². The molecule has 0 saturated carbocycles. The summed E-state index contributed by atoms with van der Waals surface area (Å²) in [6, 6.07) is 16.0. The van der Waals surface area contributed by atoms with Gasteiger partial charge in [-0.3, -0.25) is 4.79 Å². The zero-order chi connectivity index (χ0) is 36.0. The van der Waals surface area contributed by atoms with Gasteiger partial charge in [0.2, 0.25) is 8.32 Å². The number of alkyl halides is 3. The van der Waals surface area contributed by atoms with Crippen LogP contribution >= 0.6 is 0 Å². The first-order chi connectivity index (χ1) is 22.2. The van der Waals surface area contributed by atoms with Crippen molar-refractivity contribution in [2.24, 2.45) is 0 Å². The Kier molecular flexibility index (Phi) is 17.1. The molecule has 0 aliphatic rings. The lowest BCUT2D eigenvalue weighted by atomic mass is 10.0. The van der Waals surface area contributed by atoms with Gasteiger partial charge in [0.15, 0.2) is 16.6 Å². The molecule has 1 amide bonds. The van der Waals surface area contributed by atoms with Gasteiger partial charge in [-0.15, -0.1) is 0 Å². The molecule has 0 aliphatic heterocycles. The number of unbranched alkanes of at least 4 members (excludes halogenated alkanes) is 4. The third-order valence-electron chi connectivity index (χ3n) is 7.26. The fourth-order valence-corrected chi connectivity index (χ4v) is 7.58. The summed E-state index contributed by atoms with van der Waals surface area (Å²) in [7, 11) is -6.05. The van der Waals surface area contributed by atoms with E-state index in [1.807, 2.05) is 43.9 Å². The van der Waals surface area contributed by atoms with Crippen LogP contribution in [0.5, 0.6) is 5.75 Å². The summed E-state index contributed by atoms with van der Waals surface area (Å²) in [4.78, 5) is 13.6. The Balaban J connectivity index is 2.05. The van der Waals surface area contributed by atoms with Gasteiger partial charge >= 0.3 is 12.1 Å². The number of aryl methyl sites for hydroxylation is 1. The number of ether oxygens (including phenoxy) is 1. The van der Waals surface area contributed by atoms with Crippen molar-refractivity contribution in [2.45, 2.75) is 123 Å². The highest BCUT2D eigenvalue weighted by molar-refractivity contribution is 6.70. The van der Waals surface area contributed by atoms with Crippen molar-refractivity contribution in [2.75, 3.05) is 26.3 Å². The number of nitrogens with zero attached hydrogens (tertiary/aromatic N) is 1. The van der Waals surface area contributed by atoms with Crippen molar-refractivity contribution in [1.29, 1.82) is 0 Å². The second-order valence-electron chi connectivity index (χ2n) is 15.4. The van der Waals surface area contributed by atoms with Gasteiger partial charge < -0.3 is 22.9 Å². The molecule has 6 nitrogen and oxygen atoms in total. The Morgan fingerprint density at radius 1 is 0.771 bits per heavy atom. The van der Waals surface area contributed by atoms with E-state index >= 15 is 0 Å². The van der Waals surface area contributed by atoms with Crippen LogP contribution in [0.15, 0.2) is 48.5 Å². The molecule has 2 rings (SSSR count). The fourth-order valence-electron chi connectivity index (χ4n) is 5.07. The zero-order valence-corrected chi connectivity index (χ0v) is 33.8. The summed E-state index contributed by atoms with van der Waals surface area (Å²) in [6.07, 6.45) is 0.246. The van der Waals surface area contributed by atoms with Crippen molar-refractivity contribution in [3.05, 3.63) is 65.2 Å². The quantitative estimate of drug-likeness (QED) is 0.0893. The highest BCUT2D eigenvalue weighted by Crippen LogP contribution is 2.32. The molecule has 1 unspecified atom stereocenters. The number of amides is 1. The maximum atomic E-state index is 13.8. The van der Waals surface area contributed by atoms with E-state index in [2.05, 4.69) is 63.5 Å². The van der Waals surface area contributed by atoms with Gasteiger partial charge in [0.1, 0.15) is 5.75 Å². The zero-order valence-electron chi connectivity index (χ0n) is 30.8. The smallest absolute Gasteiger partial charge is 0.471 e. The van der Waals surface area contributed by atoms with Crippen molar-refractivity contribution >= 4 is 30.9 Å². The van der Waals surface area contributed by atoms with Crippen LogP contribution in [0.4, 0.5) is 13.2 Å². The minimum Gasteiger partial charge on any atom is -0.544 e. The first-order valence-corrected chi connectivity index (χ1v) is 27.6. The van der Waals surface area contributed by atoms with E-state index in [-0.39, 0.29) is 13.1 Å². The van der Waals surface area contributed by atoms with Crippen LogP contribution in [0.25, 0.3) is 0 Å². The molecule has 0 radical (unpaired) electrons. The molecule has 0 aromatic heterocycles. The average Bonchev–Trinajstić information content (AvgIpc) is 2.96. The van der Waals surface area contributed by atoms with Gasteiger partial charge in [0.05, 0.1) is 19.3 Å². The summed E-state index contributed by atoms with van der Waals surface area (Å²) >= 11 is 0.